The van der Waals surface area contributed by atoms with Gasteiger partial charge in [-0.05, 0) is 32.9 Å². The number of pyridine rings is 1. The quantitative estimate of drug-likeness (QED) is 0.760. The number of aromatic nitrogens is 1. The summed E-state index contributed by atoms with van der Waals surface area (Å²) < 4.78 is 5.33. The van der Waals surface area contributed by atoms with E-state index in [-0.39, 0.29) is 32.0 Å². The monoisotopic (exact) mass is 403 g/mol. The van der Waals surface area contributed by atoms with Gasteiger partial charge >= 0.3 is 6.09 Å². The van der Waals surface area contributed by atoms with Gasteiger partial charge in [0.1, 0.15) is 17.5 Å². The molecule has 0 saturated carbocycles. The lowest BCUT2D eigenvalue weighted by Crippen LogP contribution is -2.49. The molecule has 1 aromatic rings. The van der Waals surface area contributed by atoms with Crippen molar-refractivity contribution >= 4 is 17.8 Å². The summed E-state index contributed by atoms with van der Waals surface area (Å²) in [6, 6.07) is 5.58. The van der Waals surface area contributed by atoms with E-state index in [4.69, 9.17) is 10.00 Å². The largest absolute Gasteiger partial charge is 0.444 e. The minimum atomic E-state index is -0.634. The number of rotatable bonds is 6. The van der Waals surface area contributed by atoms with Crippen LogP contribution in [0.5, 0.6) is 0 Å². The molecule has 1 aromatic heterocycles. The van der Waals surface area contributed by atoms with Gasteiger partial charge in [0.2, 0.25) is 5.91 Å². The molecule has 0 aromatic carbocycles. The molecule has 0 atom stereocenters. The van der Waals surface area contributed by atoms with Crippen molar-refractivity contribution in [1.82, 2.24) is 14.8 Å². The zero-order chi connectivity index (χ0) is 21.4. The molecule has 1 aliphatic rings. The molecular weight excluding hydrogens is 374 g/mol. The van der Waals surface area contributed by atoms with E-state index in [2.05, 4.69) is 9.88 Å². The first-order valence-electron chi connectivity index (χ1n) is 9.71. The van der Waals surface area contributed by atoms with Crippen molar-refractivity contribution in [3.63, 3.8) is 0 Å². The number of nitriles is 1. The molecule has 1 N–H and O–H groups in total. The maximum atomic E-state index is 12.6. The number of piperazine rings is 1. The molecule has 29 heavy (non-hydrogen) atoms. The molecule has 0 unspecified atom stereocenters. The summed E-state index contributed by atoms with van der Waals surface area (Å²) in [6.45, 7) is 7.88. The summed E-state index contributed by atoms with van der Waals surface area (Å²) >= 11 is 0. The molecule has 0 spiro atoms. The van der Waals surface area contributed by atoms with Crippen LogP contribution in [0.1, 0.15) is 32.8 Å². The molecule has 1 aliphatic heterocycles. The average Bonchev–Trinajstić information content (AvgIpc) is 2.69. The topological polar surface area (TPSA) is 110 Å². The van der Waals surface area contributed by atoms with Crippen molar-refractivity contribution in [1.29, 1.82) is 5.26 Å². The Morgan fingerprint density at radius 2 is 1.93 bits per heavy atom. The van der Waals surface area contributed by atoms with Crippen LogP contribution in [0, 0.1) is 11.3 Å². The van der Waals surface area contributed by atoms with Crippen LogP contribution in [0.4, 0.5) is 10.6 Å². The Bertz CT molecular complexity index is 731. The molecule has 1 saturated heterocycles. The highest BCUT2D eigenvalue weighted by atomic mass is 16.6. The Morgan fingerprint density at radius 3 is 2.45 bits per heavy atom. The van der Waals surface area contributed by atoms with Gasteiger partial charge in [0.05, 0.1) is 12.2 Å². The summed E-state index contributed by atoms with van der Waals surface area (Å²) in [5, 5.41) is 18.0. The molecule has 2 amide bonds. The Kier molecular flexibility index (Phi) is 7.79. The zero-order valence-electron chi connectivity index (χ0n) is 17.3. The number of hydrogen-bond donors (Lipinski definition) is 1. The van der Waals surface area contributed by atoms with Crippen molar-refractivity contribution in [2.24, 2.45) is 0 Å². The summed E-state index contributed by atoms with van der Waals surface area (Å²) in [5.74, 6) is 0.749. The van der Waals surface area contributed by atoms with E-state index in [1.165, 1.54) is 4.90 Å². The second kappa shape index (κ2) is 10.1. The van der Waals surface area contributed by atoms with Crippen molar-refractivity contribution in [3.8, 4) is 6.07 Å². The van der Waals surface area contributed by atoms with Crippen LogP contribution in [0.25, 0.3) is 0 Å². The highest BCUT2D eigenvalue weighted by Gasteiger charge is 2.25. The number of anilines is 1. The fraction of sp³-hybridized carbons (Fsp3) is 0.600. The number of carbonyl (C=O) groups is 2. The maximum absolute atomic E-state index is 12.6. The molecule has 2 heterocycles. The first kappa shape index (κ1) is 22.4. The van der Waals surface area contributed by atoms with Crippen molar-refractivity contribution in [3.05, 3.63) is 23.9 Å². The molecular formula is C20H29N5O4. The van der Waals surface area contributed by atoms with Gasteiger partial charge in [0.15, 0.2) is 0 Å². The van der Waals surface area contributed by atoms with Gasteiger partial charge < -0.3 is 24.5 Å². The maximum Gasteiger partial charge on any atom is 0.410 e. The minimum absolute atomic E-state index is 0.0380. The molecule has 1 fully saturated rings. The van der Waals surface area contributed by atoms with Crippen LogP contribution >= 0.6 is 0 Å². The fourth-order valence-corrected chi connectivity index (χ4v) is 2.95. The number of carbonyl (C=O) groups excluding carboxylic acids is 2. The highest BCUT2D eigenvalue weighted by molar-refractivity contribution is 5.77. The second-order valence-corrected chi connectivity index (χ2v) is 7.83. The predicted molar refractivity (Wildman–Crippen MR) is 107 cm³/mol. The van der Waals surface area contributed by atoms with Gasteiger partial charge in [-0.2, -0.15) is 5.26 Å². The second-order valence-electron chi connectivity index (χ2n) is 7.83. The van der Waals surface area contributed by atoms with Crippen LogP contribution in [-0.2, 0) is 9.53 Å². The van der Waals surface area contributed by atoms with Crippen LogP contribution in [0.3, 0.4) is 0 Å². The first-order chi connectivity index (χ1) is 13.7. The smallest absolute Gasteiger partial charge is 0.410 e. The number of ether oxygens (including phenoxy) is 1. The lowest BCUT2D eigenvalue weighted by molar-refractivity contribution is -0.131. The van der Waals surface area contributed by atoms with Gasteiger partial charge in [0, 0.05) is 51.9 Å². The Morgan fingerprint density at radius 1 is 1.24 bits per heavy atom. The summed E-state index contributed by atoms with van der Waals surface area (Å²) in [5.41, 5.74) is -0.120. The first-order valence-corrected chi connectivity index (χ1v) is 9.71. The number of aliphatic hydroxyl groups excluding tert-OH is 1. The van der Waals surface area contributed by atoms with E-state index in [0.29, 0.717) is 31.7 Å². The van der Waals surface area contributed by atoms with Crippen LogP contribution in [0.15, 0.2) is 18.3 Å². The van der Waals surface area contributed by atoms with Gasteiger partial charge in [0.25, 0.3) is 0 Å². The molecule has 2 rings (SSSR count). The Hall–Kier alpha value is -2.86. The van der Waals surface area contributed by atoms with Crippen LogP contribution < -0.4 is 4.90 Å². The molecule has 0 bridgehead atoms. The van der Waals surface area contributed by atoms with Crippen molar-refractivity contribution < 1.29 is 19.4 Å². The van der Waals surface area contributed by atoms with Gasteiger partial charge in [-0.25, -0.2) is 9.78 Å². The lowest BCUT2D eigenvalue weighted by Gasteiger charge is -2.36. The molecule has 9 nitrogen and oxygen atoms in total. The third-order valence-electron chi connectivity index (χ3n) is 4.45. The number of aliphatic hydroxyl groups is 1. The van der Waals surface area contributed by atoms with Gasteiger partial charge in [-0.3, -0.25) is 4.79 Å². The van der Waals surface area contributed by atoms with Crippen LogP contribution in [0.2, 0.25) is 0 Å². The average molecular weight is 403 g/mol. The number of nitrogens with zero attached hydrogens (tertiary/aromatic N) is 5. The minimum Gasteiger partial charge on any atom is -0.444 e. The Labute approximate surface area is 171 Å². The van der Waals surface area contributed by atoms with Gasteiger partial charge in [-0.15, -0.1) is 0 Å². The lowest BCUT2D eigenvalue weighted by atomic mass is 10.2. The number of amides is 2. The van der Waals surface area contributed by atoms with Crippen molar-refractivity contribution in [2.45, 2.75) is 32.8 Å². The molecule has 0 aliphatic carbocycles. The highest BCUT2D eigenvalue weighted by Crippen LogP contribution is 2.15. The molecule has 158 valence electrons. The fourth-order valence-electron chi connectivity index (χ4n) is 2.95. The Balaban J connectivity index is 1.83. The van der Waals surface area contributed by atoms with Gasteiger partial charge in [-0.1, -0.05) is 0 Å². The van der Waals surface area contributed by atoms with E-state index < -0.39 is 11.7 Å². The third kappa shape index (κ3) is 6.91. The van der Waals surface area contributed by atoms with E-state index >= 15 is 0 Å². The van der Waals surface area contributed by atoms with Crippen molar-refractivity contribution in [2.75, 3.05) is 50.8 Å². The van der Waals surface area contributed by atoms with E-state index in [0.717, 1.165) is 5.82 Å². The van der Waals surface area contributed by atoms with E-state index in [9.17, 15) is 14.7 Å². The third-order valence-corrected chi connectivity index (χ3v) is 4.45. The summed E-state index contributed by atoms with van der Waals surface area (Å²) in [7, 11) is 0. The SMILES string of the molecule is CC(C)(C)OC(=O)N(CCO)CCC(=O)N1CCN(c2ccc(C#N)cn2)CC1. The van der Waals surface area contributed by atoms with E-state index in [1.807, 2.05) is 12.1 Å². The molecule has 0 radical (unpaired) electrons. The number of hydrogen-bond acceptors (Lipinski definition) is 7. The summed E-state index contributed by atoms with van der Waals surface area (Å²) in [4.78, 5) is 34.3. The van der Waals surface area contributed by atoms with E-state index in [1.54, 1.807) is 37.9 Å². The zero-order valence-corrected chi connectivity index (χ0v) is 17.3. The summed E-state index contributed by atoms with van der Waals surface area (Å²) in [6.07, 6.45) is 1.18. The van der Waals surface area contributed by atoms with Crippen LogP contribution in [-0.4, -0.2) is 83.4 Å². The molecule has 9 heteroatoms. The standard InChI is InChI=1S/C20H29N5O4/c1-20(2,3)29-19(28)25(12-13-26)7-6-18(27)24-10-8-23(9-11-24)17-5-4-16(14-21)15-22-17/h4-5,15,26H,6-13H2,1-3H3. The predicted octanol–water partition coefficient (Wildman–Crippen LogP) is 1.22. The normalized spacial score (nSPS) is 14.3.